The van der Waals surface area contributed by atoms with Crippen LogP contribution in [0, 0.1) is 0 Å². The van der Waals surface area contributed by atoms with Gasteiger partial charge in [-0.25, -0.2) is 0 Å². The molecule has 6 nitrogen and oxygen atoms in total. The monoisotopic (exact) mass is 218 g/mol. The first-order valence-electron chi connectivity index (χ1n) is 4.72. The van der Waals surface area contributed by atoms with Gasteiger partial charge >= 0.3 is 0 Å². The van der Waals surface area contributed by atoms with Gasteiger partial charge in [-0.2, -0.15) is 0 Å². The highest BCUT2D eigenvalue weighted by molar-refractivity contribution is 5.96. The molecule has 88 valence electrons. The van der Waals surface area contributed by atoms with Gasteiger partial charge < -0.3 is 20.0 Å². The van der Waals surface area contributed by atoms with Crippen LogP contribution in [0.5, 0.6) is 0 Å². The summed E-state index contributed by atoms with van der Waals surface area (Å²) < 4.78 is 0. The second-order valence-electron chi connectivity index (χ2n) is 3.25. The quantitative estimate of drug-likeness (QED) is 0.519. The number of aliphatic hydroxyl groups is 2. The van der Waals surface area contributed by atoms with E-state index in [2.05, 4.69) is 0 Å². The SMILES string of the molecule is CN(CCO)C(=O)CC(=O)N(C)CCO. The van der Waals surface area contributed by atoms with Crippen molar-refractivity contribution in [2.24, 2.45) is 0 Å². The summed E-state index contributed by atoms with van der Waals surface area (Å²) in [5.74, 6) is -0.669. The largest absolute Gasteiger partial charge is 0.395 e. The van der Waals surface area contributed by atoms with E-state index in [0.29, 0.717) is 0 Å². The zero-order valence-corrected chi connectivity index (χ0v) is 9.14. The van der Waals surface area contributed by atoms with E-state index in [-0.39, 0.29) is 44.5 Å². The molecule has 2 N–H and O–H groups in total. The lowest BCUT2D eigenvalue weighted by Crippen LogP contribution is -2.36. The Labute approximate surface area is 89.1 Å². The maximum absolute atomic E-state index is 11.4. The molecular formula is C9H18N2O4. The van der Waals surface area contributed by atoms with Crippen molar-refractivity contribution < 1.29 is 19.8 Å². The second kappa shape index (κ2) is 7.19. The normalized spacial score (nSPS) is 9.87. The number of carbonyl (C=O) groups is 2. The van der Waals surface area contributed by atoms with Gasteiger partial charge in [0.05, 0.1) is 13.2 Å². The van der Waals surface area contributed by atoms with Crippen molar-refractivity contribution in [3.63, 3.8) is 0 Å². The van der Waals surface area contributed by atoms with Gasteiger partial charge in [-0.3, -0.25) is 9.59 Å². The van der Waals surface area contributed by atoms with Gasteiger partial charge in [0.1, 0.15) is 6.42 Å². The highest BCUT2D eigenvalue weighted by atomic mass is 16.3. The molecule has 0 saturated carbocycles. The van der Waals surface area contributed by atoms with Crippen LogP contribution in [0.3, 0.4) is 0 Å². The molecule has 0 heterocycles. The van der Waals surface area contributed by atoms with E-state index in [9.17, 15) is 9.59 Å². The van der Waals surface area contributed by atoms with Crippen molar-refractivity contribution in [2.45, 2.75) is 6.42 Å². The van der Waals surface area contributed by atoms with Crippen LogP contribution in [-0.4, -0.2) is 72.2 Å². The summed E-state index contributed by atoms with van der Waals surface area (Å²) in [4.78, 5) is 25.3. The third-order valence-electron chi connectivity index (χ3n) is 2.02. The molecule has 0 aliphatic carbocycles. The Morgan fingerprint density at radius 1 is 0.933 bits per heavy atom. The first-order valence-corrected chi connectivity index (χ1v) is 4.72. The lowest BCUT2D eigenvalue weighted by Gasteiger charge is -2.19. The van der Waals surface area contributed by atoms with Crippen LogP contribution >= 0.6 is 0 Å². The Balaban J connectivity index is 4.00. The first kappa shape index (κ1) is 13.9. The summed E-state index contributed by atoms with van der Waals surface area (Å²) in [6.07, 6.45) is -0.229. The first-order chi connectivity index (χ1) is 7.02. The molecule has 0 unspecified atom stereocenters. The van der Waals surface area contributed by atoms with Crippen LogP contribution in [0.4, 0.5) is 0 Å². The summed E-state index contributed by atoms with van der Waals surface area (Å²) in [6.45, 7) is 0.192. The number of nitrogens with zero attached hydrogens (tertiary/aromatic N) is 2. The Morgan fingerprint density at radius 2 is 1.27 bits per heavy atom. The minimum Gasteiger partial charge on any atom is -0.395 e. The molecule has 0 aliphatic rings. The summed E-state index contributed by atoms with van der Waals surface area (Å²) in [5, 5.41) is 17.2. The number of hydrogen-bond donors (Lipinski definition) is 2. The van der Waals surface area contributed by atoms with Crippen molar-refractivity contribution in [3.8, 4) is 0 Å². The average Bonchev–Trinajstić information content (AvgIpc) is 2.18. The maximum Gasteiger partial charge on any atom is 0.231 e. The highest BCUT2D eigenvalue weighted by Crippen LogP contribution is 1.95. The van der Waals surface area contributed by atoms with Gasteiger partial charge in [-0.1, -0.05) is 0 Å². The molecule has 0 aliphatic heterocycles. The van der Waals surface area contributed by atoms with E-state index in [4.69, 9.17) is 10.2 Å². The number of likely N-dealkylation sites (N-methyl/N-ethyl adjacent to an activating group) is 2. The van der Waals surface area contributed by atoms with Gasteiger partial charge in [0.25, 0.3) is 0 Å². The Hall–Kier alpha value is -1.14. The average molecular weight is 218 g/mol. The molecule has 2 amide bonds. The molecule has 0 aromatic rings. The molecule has 0 fully saturated rings. The zero-order chi connectivity index (χ0) is 11.8. The highest BCUT2D eigenvalue weighted by Gasteiger charge is 2.16. The van der Waals surface area contributed by atoms with E-state index < -0.39 is 0 Å². The van der Waals surface area contributed by atoms with Gasteiger partial charge in [0.2, 0.25) is 11.8 Å². The third kappa shape index (κ3) is 5.34. The van der Waals surface area contributed by atoms with E-state index >= 15 is 0 Å². The van der Waals surface area contributed by atoms with E-state index in [1.807, 2.05) is 0 Å². The summed E-state index contributed by atoms with van der Waals surface area (Å²) in [5.41, 5.74) is 0. The van der Waals surface area contributed by atoms with Crippen LogP contribution in [0.25, 0.3) is 0 Å². The number of aliphatic hydroxyl groups excluding tert-OH is 2. The van der Waals surface area contributed by atoms with Gasteiger partial charge in [0, 0.05) is 27.2 Å². The predicted octanol–water partition coefficient (Wildman–Crippen LogP) is -1.72. The maximum atomic E-state index is 11.4. The zero-order valence-electron chi connectivity index (χ0n) is 9.14. The number of carbonyl (C=O) groups excluding carboxylic acids is 2. The summed E-state index contributed by atoms with van der Waals surface area (Å²) >= 11 is 0. The van der Waals surface area contributed by atoms with Gasteiger partial charge in [-0.15, -0.1) is 0 Å². The van der Waals surface area contributed by atoms with Crippen molar-refractivity contribution in [1.29, 1.82) is 0 Å². The van der Waals surface area contributed by atoms with Crippen LogP contribution in [0.15, 0.2) is 0 Å². The van der Waals surface area contributed by atoms with Crippen LogP contribution in [0.2, 0.25) is 0 Å². The second-order valence-corrected chi connectivity index (χ2v) is 3.25. The van der Waals surface area contributed by atoms with E-state index in [1.165, 1.54) is 23.9 Å². The minimum atomic E-state index is -0.334. The van der Waals surface area contributed by atoms with Crippen molar-refractivity contribution in [3.05, 3.63) is 0 Å². The van der Waals surface area contributed by atoms with Crippen LogP contribution in [-0.2, 0) is 9.59 Å². The molecular weight excluding hydrogens is 200 g/mol. The Morgan fingerprint density at radius 3 is 1.53 bits per heavy atom. The molecule has 0 radical (unpaired) electrons. The smallest absolute Gasteiger partial charge is 0.231 e. The van der Waals surface area contributed by atoms with Crippen molar-refractivity contribution >= 4 is 11.8 Å². The number of rotatable bonds is 6. The predicted molar refractivity (Wildman–Crippen MR) is 54.1 cm³/mol. The minimum absolute atomic E-state index is 0.122. The Kier molecular flexibility index (Phi) is 6.64. The van der Waals surface area contributed by atoms with Gasteiger partial charge in [0.15, 0.2) is 0 Å². The van der Waals surface area contributed by atoms with Crippen LogP contribution in [0.1, 0.15) is 6.42 Å². The molecule has 0 rings (SSSR count). The molecule has 15 heavy (non-hydrogen) atoms. The Bertz CT molecular complexity index is 198. The van der Waals surface area contributed by atoms with Gasteiger partial charge in [-0.05, 0) is 0 Å². The fraction of sp³-hybridized carbons (Fsp3) is 0.778. The lowest BCUT2D eigenvalue weighted by atomic mass is 10.3. The molecule has 0 aromatic heterocycles. The molecule has 0 spiro atoms. The van der Waals surface area contributed by atoms with E-state index in [0.717, 1.165) is 0 Å². The molecule has 0 atom stereocenters. The van der Waals surface area contributed by atoms with Crippen molar-refractivity contribution in [2.75, 3.05) is 40.4 Å². The fourth-order valence-corrected chi connectivity index (χ4v) is 0.949. The molecule has 6 heteroatoms. The summed E-state index contributed by atoms with van der Waals surface area (Å²) in [7, 11) is 3.05. The van der Waals surface area contributed by atoms with Crippen molar-refractivity contribution in [1.82, 2.24) is 9.80 Å². The molecule has 0 saturated heterocycles. The number of amides is 2. The molecule has 0 aromatic carbocycles. The standard InChI is InChI=1S/C9H18N2O4/c1-10(3-5-12)8(14)7-9(15)11(2)4-6-13/h12-13H,3-7H2,1-2H3. The number of hydrogen-bond acceptors (Lipinski definition) is 4. The summed E-state index contributed by atoms with van der Waals surface area (Å²) in [6, 6.07) is 0. The molecule has 0 bridgehead atoms. The fourth-order valence-electron chi connectivity index (χ4n) is 0.949. The lowest BCUT2D eigenvalue weighted by molar-refractivity contribution is -0.139. The third-order valence-corrected chi connectivity index (χ3v) is 2.02. The topological polar surface area (TPSA) is 81.1 Å². The van der Waals surface area contributed by atoms with E-state index in [1.54, 1.807) is 0 Å². The van der Waals surface area contributed by atoms with Crippen LogP contribution < -0.4 is 0 Å².